The fourth-order valence-electron chi connectivity index (χ4n) is 1.56. The van der Waals surface area contributed by atoms with Crippen molar-refractivity contribution in [3.05, 3.63) is 46.2 Å². The molecule has 5 N–H and O–H groups in total. The molecule has 1 amide bonds. The highest BCUT2D eigenvalue weighted by Crippen LogP contribution is 2.18. The van der Waals surface area contributed by atoms with Gasteiger partial charge < -0.3 is 11.1 Å². The van der Waals surface area contributed by atoms with E-state index in [1.807, 2.05) is 0 Å². The molecule has 20 heavy (non-hydrogen) atoms. The monoisotopic (exact) mass is 311 g/mol. The van der Waals surface area contributed by atoms with Crippen LogP contribution >= 0.6 is 11.3 Å². The predicted octanol–water partition coefficient (Wildman–Crippen LogP) is 0.908. The maximum Gasteiger partial charge on any atom is 0.263 e. The van der Waals surface area contributed by atoms with Crippen LogP contribution < -0.4 is 16.2 Å². The van der Waals surface area contributed by atoms with Gasteiger partial charge in [0.05, 0.1) is 10.6 Å². The zero-order valence-electron chi connectivity index (χ0n) is 10.4. The summed E-state index contributed by atoms with van der Waals surface area (Å²) in [4.78, 5) is 12.3. The largest absolute Gasteiger partial charge is 0.397 e. The number of hydrogen-bond donors (Lipinski definition) is 3. The van der Waals surface area contributed by atoms with Crippen molar-refractivity contribution < 1.29 is 13.2 Å². The lowest BCUT2D eigenvalue weighted by Crippen LogP contribution is -2.22. The van der Waals surface area contributed by atoms with E-state index >= 15 is 0 Å². The maximum absolute atomic E-state index is 11.8. The van der Waals surface area contributed by atoms with E-state index in [0.29, 0.717) is 10.6 Å². The van der Waals surface area contributed by atoms with E-state index < -0.39 is 10.0 Å². The van der Waals surface area contributed by atoms with Crippen LogP contribution in [0.4, 0.5) is 5.69 Å². The molecule has 0 aliphatic rings. The lowest BCUT2D eigenvalue weighted by molar-refractivity contribution is 0.0955. The highest BCUT2D eigenvalue weighted by molar-refractivity contribution is 7.89. The Morgan fingerprint density at radius 3 is 2.35 bits per heavy atom. The van der Waals surface area contributed by atoms with Crippen molar-refractivity contribution in [3.8, 4) is 0 Å². The van der Waals surface area contributed by atoms with Crippen LogP contribution in [0.1, 0.15) is 15.2 Å². The van der Waals surface area contributed by atoms with E-state index in [2.05, 4.69) is 5.32 Å². The predicted molar refractivity (Wildman–Crippen MR) is 77.7 cm³/mol. The second-order valence-corrected chi connectivity index (χ2v) is 6.55. The summed E-state index contributed by atoms with van der Waals surface area (Å²) >= 11 is 1.27. The molecular weight excluding hydrogens is 298 g/mol. The molecule has 0 spiro atoms. The fourth-order valence-corrected chi connectivity index (χ4v) is 2.81. The Morgan fingerprint density at radius 2 is 1.85 bits per heavy atom. The first kappa shape index (κ1) is 14.5. The number of thiophene rings is 1. The van der Waals surface area contributed by atoms with Gasteiger partial charge in [0.1, 0.15) is 4.88 Å². The van der Waals surface area contributed by atoms with E-state index in [4.69, 9.17) is 10.9 Å². The molecule has 0 bridgehead atoms. The number of carbonyl (C=O) groups excluding carboxylic acids is 1. The highest BCUT2D eigenvalue weighted by Gasteiger charge is 2.11. The number of primary sulfonamides is 1. The second kappa shape index (κ2) is 5.61. The minimum absolute atomic E-state index is 0.0371. The van der Waals surface area contributed by atoms with Gasteiger partial charge in [0.2, 0.25) is 10.0 Å². The van der Waals surface area contributed by atoms with E-state index in [1.54, 1.807) is 23.6 Å². The lowest BCUT2D eigenvalue weighted by atomic mass is 10.2. The van der Waals surface area contributed by atoms with Crippen LogP contribution in [-0.2, 0) is 16.6 Å². The Kier molecular flexibility index (Phi) is 4.07. The number of carbonyl (C=O) groups is 1. The van der Waals surface area contributed by atoms with Crippen molar-refractivity contribution in [2.45, 2.75) is 11.4 Å². The first-order valence-corrected chi connectivity index (χ1v) is 8.03. The van der Waals surface area contributed by atoms with Crippen molar-refractivity contribution in [2.75, 3.05) is 5.73 Å². The lowest BCUT2D eigenvalue weighted by Gasteiger charge is -2.05. The molecule has 6 nitrogen and oxygen atoms in total. The average Bonchev–Trinajstić information content (AvgIpc) is 2.82. The second-order valence-electron chi connectivity index (χ2n) is 4.08. The molecular formula is C12H13N3O3S2. The van der Waals surface area contributed by atoms with E-state index in [9.17, 15) is 13.2 Å². The fraction of sp³-hybridized carbons (Fsp3) is 0.0833. The number of nitrogen functional groups attached to an aromatic ring is 1. The third-order valence-electron chi connectivity index (χ3n) is 2.61. The summed E-state index contributed by atoms with van der Waals surface area (Å²) in [6.45, 7) is 0.279. The molecule has 2 rings (SSSR count). The van der Waals surface area contributed by atoms with Gasteiger partial charge in [-0.05, 0) is 29.1 Å². The van der Waals surface area contributed by atoms with Gasteiger partial charge >= 0.3 is 0 Å². The molecule has 0 aliphatic heterocycles. The summed E-state index contributed by atoms with van der Waals surface area (Å²) in [7, 11) is -3.69. The Morgan fingerprint density at radius 1 is 1.20 bits per heavy atom. The summed E-state index contributed by atoms with van der Waals surface area (Å²) in [6.07, 6.45) is 0. The summed E-state index contributed by atoms with van der Waals surface area (Å²) in [5, 5.41) is 9.45. The average molecular weight is 311 g/mol. The Bertz CT molecular complexity index is 721. The minimum atomic E-state index is -3.69. The number of rotatable bonds is 4. The normalized spacial score (nSPS) is 11.2. The molecule has 8 heteroatoms. The number of amides is 1. The van der Waals surface area contributed by atoms with Crippen molar-refractivity contribution >= 4 is 33.0 Å². The minimum Gasteiger partial charge on any atom is -0.397 e. The third-order valence-corrected chi connectivity index (χ3v) is 4.47. The number of benzene rings is 1. The number of sulfonamides is 1. The Balaban J connectivity index is 2.02. The van der Waals surface area contributed by atoms with Crippen LogP contribution in [0.2, 0.25) is 0 Å². The van der Waals surface area contributed by atoms with Crippen LogP contribution in [0, 0.1) is 0 Å². The number of anilines is 1. The molecule has 1 aromatic carbocycles. The van der Waals surface area contributed by atoms with Gasteiger partial charge in [0.15, 0.2) is 0 Å². The van der Waals surface area contributed by atoms with Crippen LogP contribution in [0.5, 0.6) is 0 Å². The SMILES string of the molecule is Nc1ccsc1C(=O)NCc1ccc(S(N)(=O)=O)cc1. The van der Waals surface area contributed by atoms with Crippen LogP contribution in [-0.4, -0.2) is 14.3 Å². The molecule has 0 saturated carbocycles. The molecule has 0 fully saturated rings. The van der Waals surface area contributed by atoms with Gasteiger partial charge in [-0.25, -0.2) is 13.6 Å². The van der Waals surface area contributed by atoms with Crippen LogP contribution in [0.25, 0.3) is 0 Å². The smallest absolute Gasteiger partial charge is 0.263 e. The van der Waals surface area contributed by atoms with Gasteiger partial charge in [-0.3, -0.25) is 4.79 Å². The molecule has 1 heterocycles. The van der Waals surface area contributed by atoms with Gasteiger partial charge in [-0.1, -0.05) is 12.1 Å². The van der Waals surface area contributed by atoms with Crippen LogP contribution in [0.15, 0.2) is 40.6 Å². The van der Waals surface area contributed by atoms with Gasteiger partial charge in [-0.2, -0.15) is 0 Å². The van der Waals surface area contributed by atoms with Crippen molar-refractivity contribution in [1.29, 1.82) is 0 Å². The Labute approximate surface area is 120 Å². The molecule has 106 valence electrons. The van der Waals surface area contributed by atoms with Crippen LogP contribution in [0.3, 0.4) is 0 Å². The molecule has 0 unspecified atom stereocenters. The van der Waals surface area contributed by atoms with E-state index in [-0.39, 0.29) is 17.3 Å². The highest BCUT2D eigenvalue weighted by atomic mass is 32.2. The number of nitrogens with two attached hydrogens (primary N) is 2. The summed E-state index contributed by atoms with van der Waals surface area (Å²) in [5.74, 6) is -0.256. The number of nitrogens with one attached hydrogen (secondary N) is 1. The first-order valence-electron chi connectivity index (χ1n) is 5.61. The maximum atomic E-state index is 11.8. The molecule has 1 aromatic heterocycles. The zero-order chi connectivity index (χ0) is 14.8. The summed E-state index contributed by atoms with van der Waals surface area (Å²) in [5.41, 5.74) is 6.85. The summed E-state index contributed by atoms with van der Waals surface area (Å²) in [6, 6.07) is 7.66. The van der Waals surface area contributed by atoms with Crippen molar-refractivity contribution in [2.24, 2.45) is 5.14 Å². The van der Waals surface area contributed by atoms with Gasteiger partial charge in [-0.15, -0.1) is 11.3 Å². The topological polar surface area (TPSA) is 115 Å². The quantitative estimate of drug-likeness (QED) is 0.778. The molecule has 0 aliphatic carbocycles. The first-order chi connectivity index (χ1) is 9.38. The summed E-state index contributed by atoms with van der Waals surface area (Å²) < 4.78 is 22.2. The van der Waals surface area contributed by atoms with E-state index in [0.717, 1.165) is 5.56 Å². The molecule has 2 aromatic rings. The van der Waals surface area contributed by atoms with E-state index in [1.165, 1.54) is 23.5 Å². The zero-order valence-corrected chi connectivity index (χ0v) is 12.0. The third kappa shape index (κ3) is 3.35. The van der Waals surface area contributed by atoms with Crippen molar-refractivity contribution in [3.63, 3.8) is 0 Å². The number of hydrogen-bond acceptors (Lipinski definition) is 5. The molecule has 0 atom stereocenters. The molecule has 0 saturated heterocycles. The standard InChI is InChI=1S/C12H13N3O3S2/c13-10-5-6-19-11(10)12(16)15-7-8-1-3-9(4-2-8)20(14,17)18/h1-6H,7,13H2,(H,15,16)(H2,14,17,18). The van der Waals surface area contributed by atoms with Gasteiger partial charge in [0, 0.05) is 6.54 Å². The molecule has 0 radical (unpaired) electrons. The Hall–Kier alpha value is -1.90. The van der Waals surface area contributed by atoms with Gasteiger partial charge in [0.25, 0.3) is 5.91 Å². The van der Waals surface area contributed by atoms with Crippen molar-refractivity contribution in [1.82, 2.24) is 5.32 Å².